The van der Waals surface area contributed by atoms with Crippen molar-refractivity contribution in [2.75, 3.05) is 0 Å². The lowest BCUT2D eigenvalue weighted by atomic mass is 9.95. The minimum absolute atomic E-state index is 0.0323. The molecule has 0 bridgehead atoms. The first-order valence-electron chi connectivity index (χ1n) is 13.3. The molecule has 214 valence electrons. The van der Waals surface area contributed by atoms with E-state index in [2.05, 4.69) is 21.3 Å². The summed E-state index contributed by atoms with van der Waals surface area (Å²) in [4.78, 5) is 63.4. The van der Waals surface area contributed by atoms with Gasteiger partial charge in [0.25, 0.3) is 0 Å². The zero-order chi connectivity index (χ0) is 29.0. The molecule has 7 N–H and O–H groups in total. The monoisotopic (exact) mass is 527 g/mol. The number of hydrogen-bond donors (Lipinski definition) is 6. The summed E-state index contributed by atoms with van der Waals surface area (Å²) in [6.45, 7) is 16.0. The Kier molecular flexibility index (Phi) is 15.0. The fraction of sp³-hybridized carbons (Fsp3) is 0.808. The molecule has 0 heterocycles. The SMILES string of the molecule is CC[C@H](C)[C@H](NC(=O)[C@@H](NC(=O)[C@H](CC(C)C)NC(=O)[C@@H](NC(=O)[C@H](C)N)[C@@H](C)CC)C(C)C)C(=O)O. The third-order valence-electron chi connectivity index (χ3n) is 6.57. The number of nitrogens with two attached hydrogens (primary N) is 1. The molecule has 7 atom stereocenters. The number of hydrogen-bond acceptors (Lipinski definition) is 6. The number of aliphatic carboxylic acids is 1. The zero-order valence-electron chi connectivity index (χ0n) is 23.9. The number of amides is 4. The van der Waals surface area contributed by atoms with Crippen LogP contribution in [0.15, 0.2) is 0 Å². The van der Waals surface area contributed by atoms with Crippen molar-refractivity contribution in [1.82, 2.24) is 21.3 Å². The predicted octanol–water partition coefficient (Wildman–Crippen LogP) is 1.15. The molecule has 0 aliphatic rings. The van der Waals surface area contributed by atoms with Crippen LogP contribution in [0.1, 0.15) is 81.6 Å². The number of nitrogens with one attached hydrogen (secondary N) is 4. The first-order valence-corrected chi connectivity index (χ1v) is 13.3. The molecule has 0 saturated heterocycles. The smallest absolute Gasteiger partial charge is 0.326 e. The highest BCUT2D eigenvalue weighted by Crippen LogP contribution is 2.13. The van der Waals surface area contributed by atoms with Gasteiger partial charge in [-0.15, -0.1) is 0 Å². The summed E-state index contributed by atoms with van der Waals surface area (Å²) in [6.07, 6.45) is 1.45. The highest BCUT2D eigenvalue weighted by Gasteiger charge is 2.35. The van der Waals surface area contributed by atoms with E-state index in [0.717, 1.165) is 0 Å². The van der Waals surface area contributed by atoms with Crippen molar-refractivity contribution in [3.63, 3.8) is 0 Å². The van der Waals surface area contributed by atoms with Gasteiger partial charge in [-0.05, 0) is 37.0 Å². The van der Waals surface area contributed by atoms with Crippen LogP contribution in [0, 0.1) is 23.7 Å². The maximum absolute atomic E-state index is 13.3. The van der Waals surface area contributed by atoms with E-state index in [0.29, 0.717) is 19.3 Å². The Labute approximate surface area is 221 Å². The van der Waals surface area contributed by atoms with Gasteiger partial charge in [0.2, 0.25) is 23.6 Å². The molecule has 4 amide bonds. The standard InChI is InChI=1S/C26H49N5O6/c1-10-15(7)20(30-22(32)17(9)27)25(35)28-18(12-13(3)4)23(33)29-19(14(5)6)24(34)31-21(26(36)37)16(8)11-2/h13-21H,10-12,27H2,1-9H3,(H,28,35)(H,29,33)(H,30,32)(H,31,34)(H,36,37)/t15-,16-,17-,18-,19-,20-,21-/m0/s1. The molecule has 0 radical (unpaired) electrons. The summed E-state index contributed by atoms with van der Waals surface area (Å²) in [5.41, 5.74) is 5.65. The number of carbonyl (C=O) groups is 5. The average molecular weight is 528 g/mol. The van der Waals surface area contributed by atoms with E-state index in [1.165, 1.54) is 6.92 Å². The van der Waals surface area contributed by atoms with Gasteiger partial charge in [0, 0.05) is 0 Å². The Morgan fingerprint density at radius 1 is 0.649 bits per heavy atom. The number of carboxylic acids is 1. The maximum Gasteiger partial charge on any atom is 0.326 e. The topological polar surface area (TPSA) is 180 Å². The molecule has 0 spiro atoms. The van der Waals surface area contributed by atoms with Crippen molar-refractivity contribution < 1.29 is 29.1 Å². The van der Waals surface area contributed by atoms with Crippen LogP contribution in [0.3, 0.4) is 0 Å². The van der Waals surface area contributed by atoms with Crippen molar-refractivity contribution in [3.05, 3.63) is 0 Å². The second-order valence-corrected chi connectivity index (χ2v) is 10.8. The lowest BCUT2D eigenvalue weighted by molar-refractivity contribution is -0.144. The second-order valence-electron chi connectivity index (χ2n) is 10.8. The highest BCUT2D eigenvalue weighted by atomic mass is 16.4. The third kappa shape index (κ3) is 11.5. The molecule has 0 aromatic carbocycles. The van der Waals surface area contributed by atoms with Crippen LogP contribution in [-0.2, 0) is 24.0 Å². The van der Waals surface area contributed by atoms with Gasteiger partial charge in [0.05, 0.1) is 6.04 Å². The van der Waals surface area contributed by atoms with E-state index in [4.69, 9.17) is 5.73 Å². The predicted molar refractivity (Wildman–Crippen MR) is 142 cm³/mol. The molecule has 37 heavy (non-hydrogen) atoms. The van der Waals surface area contributed by atoms with Crippen LogP contribution in [0.5, 0.6) is 0 Å². The average Bonchev–Trinajstić information content (AvgIpc) is 2.81. The normalized spacial score (nSPS) is 17.1. The molecule has 0 saturated carbocycles. The van der Waals surface area contributed by atoms with E-state index in [1.54, 1.807) is 20.8 Å². The van der Waals surface area contributed by atoms with Crippen molar-refractivity contribution in [2.45, 2.75) is 112 Å². The Morgan fingerprint density at radius 3 is 1.49 bits per heavy atom. The molecule has 0 aliphatic carbocycles. The Bertz CT molecular complexity index is 785. The largest absolute Gasteiger partial charge is 0.480 e. The summed E-state index contributed by atoms with van der Waals surface area (Å²) in [7, 11) is 0. The fourth-order valence-electron chi connectivity index (χ4n) is 3.67. The summed E-state index contributed by atoms with van der Waals surface area (Å²) in [5.74, 6) is -4.14. The molecule has 11 heteroatoms. The number of carbonyl (C=O) groups excluding carboxylic acids is 4. The summed E-state index contributed by atoms with van der Waals surface area (Å²) in [5, 5.41) is 20.2. The minimum Gasteiger partial charge on any atom is -0.480 e. The quantitative estimate of drug-likeness (QED) is 0.174. The van der Waals surface area contributed by atoms with Crippen molar-refractivity contribution in [3.8, 4) is 0 Å². The first-order chi connectivity index (χ1) is 17.1. The Hall–Kier alpha value is -2.69. The van der Waals surface area contributed by atoms with E-state index >= 15 is 0 Å². The van der Waals surface area contributed by atoms with Gasteiger partial charge in [-0.2, -0.15) is 0 Å². The molecular formula is C26H49N5O6. The third-order valence-corrected chi connectivity index (χ3v) is 6.57. The van der Waals surface area contributed by atoms with Gasteiger partial charge >= 0.3 is 5.97 Å². The lowest BCUT2D eigenvalue weighted by Crippen LogP contribution is -2.60. The molecule has 0 unspecified atom stereocenters. The van der Waals surface area contributed by atoms with Gasteiger partial charge in [-0.1, -0.05) is 68.2 Å². The van der Waals surface area contributed by atoms with Crippen LogP contribution < -0.4 is 27.0 Å². The maximum atomic E-state index is 13.3. The van der Waals surface area contributed by atoms with Crippen LogP contribution in [0.4, 0.5) is 0 Å². The van der Waals surface area contributed by atoms with E-state index in [1.807, 2.05) is 34.6 Å². The van der Waals surface area contributed by atoms with Crippen LogP contribution in [0.25, 0.3) is 0 Å². The van der Waals surface area contributed by atoms with Crippen LogP contribution in [0.2, 0.25) is 0 Å². The van der Waals surface area contributed by atoms with Gasteiger partial charge in [0.15, 0.2) is 0 Å². The van der Waals surface area contributed by atoms with Crippen LogP contribution >= 0.6 is 0 Å². The van der Waals surface area contributed by atoms with Gasteiger partial charge in [-0.25, -0.2) is 4.79 Å². The number of carboxylic acid groups (broad SMARTS) is 1. The van der Waals surface area contributed by atoms with E-state index < -0.39 is 59.8 Å². The van der Waals surface area contributed by atoms with E-state index in [9.17, 15) is 29.1 Å². The van der Waals surface area contributed by atoms with Gasteiger partial charge in [-0.3, -0.25) is 19.2 Å². The van der Waals surface area contributed by atoms with Gasteiger partial charge < -0.3 is 32.1 Å². The molecule has 0 aliphatic heterocycles. The Morgan fingerprint density at radius 2 is 1.08 bits per heavy atom. The second kappa shape index (κ2) is 16.2. The zero-order valence-corrected chi connectivity index (χ0v) is 23.9. The molecule has 0 rings (SSSR count). The van der Waals surface area contributed by atoms with E-state index in [-0.39, 0.29) is 23.7 Å². The summed E-state index contributed by atoms with van der Waals surface area (Å²) in [6, 6.07) is -4.75. The summed E-state index contributed by atoms with van der Waals surface area (Å²) >= 11 is 0. The number of rotatable bonds is 16. The molecule has 0 aromatic rings. The first kappa shape index (κ1) is 34.3. The highest BCUT2D eigenvalue weighted by molar-refractivity contribution is 5.95. The van der Waals surface area contributed by atoms with Crippen molar-refractivity contribution in [2.24, 2.45) is 29.4 Å². The minimum atomic E-state index is -1.15. The Balaban J connectivity index is 5.80. The molecule has 0 fully saturated rings. The molecule has 11 nitrogen and oxygen atoms in total. The van der Waals surface area contributed by atoms with Gasteiger partial charge in [0.1, 0.15) is 24.2 Å². The van der Waals surface area contributed by atoms with Crippen LogP contribution in [-0.4, -0.2) is 64.9 Å². The molecule has 0 aromatic heterocycles. The fourth-order valence-corrected chi connectivity index (χ4v) is 3.67. The van der Waals surface area contributed by atoms with Crippen molar-refractivity contribution >= 4 is 29.6 Å². The lowest BCUT2D eigenvalue weighted by Gasteiger charge is -2.30. The van der Waals surface area contributed by atoms with Crippen molar-refractivity contribution in [1.29, 1.82) is 0 Å². The summed E-state index contributed by atoms with van der Waals surface area (Å²) < 4.78 is 0. The molecular weight excluding hydrogens is 478 g/mol.